The molecule has 0 spiro atoms. The van der Waals surface area contributed by atoms with E-state index in [1.54, 1.807) is 0 Å². The summed E-state index contributed by atoms with van der Waals surface area (Å²) in [6.07, 6.45) is 0. The fraction of sp³-hybridized carbons (Fsp3) is 0. The molecule has 0 N–H and O–H groups in total. The van der Waals surface area contributed by atoms with Gasteiger partial charge in [0.25, 0.3) is 0 Å². The van der Waals surface area contributed by atoms with Crippen molar-refractivity contribution in [1.29, 1.82) is 0 Å². The third-order valence-corrected chi connectivity index (χ3v) is 9.88. The molecular weight excluding hydrogens is 577 g/mol. The summed E-state index contributed by atoms with van der Waals surface area (Å²) in [5, 5.41) is 4.64. The first kappa shape index (κ1) is 25.0. The lowest BCUT2D eigenvalue weighted by Gasteiger charge is -2.34. The first-order chi connectivity index (χ1) is 23.3. The van der Waals surface area contributed by atoms with Crippen LogP contribution in [0.2, 0.25) is 0 Å². The van der Waals surface area contributed by atoms with Crippen LogP contribution in [0.5, 0.6) is 17.2 Å². The van der Waals surface area contributed by atoms with Crippen molar-refractivity contribution < 1.29 is 13.8 Å². The van der Waals surface area contributed by atoms with Gasteiger partial charge in [0, 0.05) is 43.6 Å². The van der Waals surface area contributed by atoms with Gasteiger partial charge in [0.2, 0.25) is 0 Å². The Kier molecular flexibility index (Phi) is 4.89. The van der Waals surface area contributed by atoms with Gasteiger partial charge in [-0.15, -0.1) is 0 Å². The Morgan fingerprint density at radius 3 is 2.04 bits per heavy atom. The molecule has 7 aromatic carbocycles. The normalized spacial score (nSPS) is 13.0. The van der Waals surface area contributed by atoms with E-state index in [1.807, 2.05) is 18.2 Å². The highest BCUT2D eigenvalue weighted by atomic mass is 16.5. The summed E-state index contributed by atoms with van der Waals surface area (Å²) in [7, 11) is 0. The lowest BCUT2D eigenvalue weighted by atomic mass is 9.50. The summed E-state index contributed by atoms with van der Waals surface area (Å²) in [5.74, 6) is 2.47. The molecule has 0 atom stereocenters. The van der Waals surface area contributed by atoms with Gasteiger partial charge in [0.1, 0.15) is 28.4 Å². The molecule has 0 fully saturated rings. The Morgan fingerprint density at radius 1 is 0.511 bits per heavy atom. The maximum absolute atomic E-state index is 7.09. The monoisotopic (exact) mass is 601 g/mol. The minimum absolute atomic E-state index is 0.317. The van der Waals surface area contributed by atoms with Crippen molar-refractivity contribution in [3.63, 3.8) is 0 Å². The van der Waals surface area contributed by atoms with Gasteiger partial charge >= 0.3 is 6.92 Å². The minimum atomic E-state index is -0.317. The molecule has 2 aliphatic rings. The third kappa shape index (κ3) is 3.38. The number of fused-ring (bicyclic) bond motifs is 10. The van der Waals surface area contributed by atoms with Crippen LogP contribution in [-0.2, 0) is 0 Å². The van der Waals surface area contributed by atoms with Crippen molar-refractivity contribution in [3.05, 3.63) is 146 Å². The van der Waals surface area contributed by atoms with E-state index in [-0.39, 0.29) is 6.92 Å². The van der Waals surface area contributed by atoms with Crippen molar-refractivity contribution in [2.45, 2.75) is 0 Å². The third-order valence-electron chi connectivity index (χ3n) is 9.88. The lowest BCUT2D eigenvalue weighted by molar-refractivity contribution is 0.478. The average Bonchev–Trinajstić information content (AvgIpc) is 3.67. The van der Waals surface area contributed by atoms with Crippen molar-refractivity contribution >= 4 is 61.6 Å². The second-order valence-electron chi connectivity index (χ2n) is 12.4. The number of para-hydroxylation sites is 6. The topological polar surface area (TPSA) is 36.5 Å². The molecule has 0 unspecified atom stereocenters. The molecule has 11 rings (SSSR count). The summed E-state index contributed by atoms with van der Waals surface area (Å²) in [6.45, 7) is -0.317. The number of nitrogens with zero attached hydrogens (tertiary/aromatic N) is 1. The number of aromatic nitrogens is 1. The molecule has 0 amide bonds. The summed E-state index contributed by atoms with van der Waals surface area (Å²) in [5.41, 5.74) is 11.3. The van der Waals surface area contributed by atoms with E-state index in [0.29, 0.717) is 0 Å². The van der Waals surface area contributed by atoms with Crippen molar-refractivity contribution in [3.8, 4) is 45.2 Å². The zero-order valence-corrected chi connectivity index (χ0v) is 25.1. The number of rotatable bonds is 2. The number of hydrogen-bond donors (Lipinski definition) is 0. The summed E-state index contributed by atoms with van der Waals surface area (Å²) < 4.78 is 22.8. The number of ether oxygens (including phenoxy) is 1. The van der Waals surface area contributed by atoms with Gasteiger partial charge in [-0.2, -0.15) is 0 Å². The Balaban J connectivity index is 1.19. The van der Waals surface area contributed by atoms with Gasteiger partial charge in [0.05, 0.1) is 16.7 Å². The van der Waals surface area contributed by atoms with E-state index in [2.05, 4.69) is 132 Å². The molecule has 0 saturated carbocycles. The Bertz CT molecular complexity index is 2720. The van der Waals surface area contributed by atoms with Gasteiger partial charge in [-0.25, -0.2) is 0 Å². The second-order valence-corrected chi connectivity index (χ2v) is 12.4. The van der Waals surface area contributed by atoms with Gasteiger partial charge in [0.15, 0.2) is 0 Å². The molecule has 0 aliphatic carbocycles. The maximum atomic E-state index is 7.09. The van der Waals surface area contributed by atoms with Crippen LogP contribution in [0, 0.1) is 0 Å². The van der Waals surface area contributed by atoms with Crippen molar-refractivity contribution in [2.75, 3.05) is 0 Å². The number of benzene rings is 7. The van der Waals surface area contributed by atoms with Crippen LogP contribution in [0.4, 0.5) is 0 Å². The number of furan rings is 1. The zero-order valence-electron chi connectivity index (χ0n) is 25.1. The minimum Gasteiger partial charge on any atom is -0.551 e. The van der Waals surface area contributed by atoms with Crippen molar-refractivity contribution in [1.82, 2.24) is 4.57 Å². The summed E-state index contributed by atoms with van der Waals surface area (Å²) >= 11 is 0. The standard InChI is InChI=1S/C42H24BNO3/c1-5-18-34-27(11-1)28-12-2-6-19-35(28)44(34)36-20-10-17-33-42(36)46-39-24-25(23-32-30-14-4-8-22-38(30)47-43(33)40(32)39)26-15-9-16-31-29-13-3-7-21-37(29)45-41(26)31/h1-24H. The Morgan fingerprint density at radius 2 is 1.19 bits per heavy atom. The molecule has 0 saturated heterocycles. The van der Waals surface area contributed by atoms with Crippen LogP contribution in [0.15, 0.2) is 150 Å². The smallest absolute Gasteiger partial charge is 0.434 e. The highest BCUT2D eigenvalue weighted by Crippen LogP contribution is 2.45. The predicted octanol–water partition coefficient (Wildman–Crippen LogP) is 9.62. The first-order valence-corrected chi connectivity index (χ1v) is 16.0. The molecule has 2 aromatic heterocycles. The summed E-state index contributed by atoms with van der Waals surface area (Å²) in [4.78, 5) is 0. The fourth-order valence-corrected chi connectivity index (χ4v) is 7.86. The van der Waals surface area contributed by atoms with Crippen molar-refractivity contribution in [2.24, 2.45) is 0 Å². The van der Waals surface area contributed by atoms with Crippen LogP contribution < -0.4 is 20.3 Å². The van der Waals surface area contributed by atoms with Crippen LogP contribution in [0.1, 0.15) is 0 Å². The van der Waals surface area contributed by atoms with Gasteiger partial charge in [-0.3, -0.25) is 0 Å². The van der Waals surface area contributed by atoms with Gasteiger partial charge < -0.3 is 18.4 Å². The Labute approximate surface area is 270 Å². The molecule has 218 valence electrons. The Hall–Kier alpha value is -6.20. The molecule has 5 heteroatoms. The molecule has 4 nitrogen and oxygen atoms in total. The quantitative estimate of drug-likeness (QED) is 0.185. The van der Waals surface area contributed by atoms with Crippen LogP contribution in [0.3, 0.4) is 0 Å². The van der Waals surface area contributed by atoms with Gasteiger partial charge in [-0.1, -0.05) is 103 Å². The number of hydrogen-bond acceptors (Lipinski definition) is 3. The fourth-order valence-electron chi connectivity index (χ4n) is 7.86. The van der Waals surface area contributed by atoms with E-state index in [0.717, 1.165) is 89.1 Å². The zero-order chi connectivity index (χ0) is 30.6. The predicted molar refractivity (Wildman–Crippen MR) is 191 cm³/mol. The van der Waals surface area contributed by atoms with Crippen LogP contribution in [-0.4, -0.2) is 11.5 Å². The largest absolute Gasteiger partial charge is 0.551 e. The van der Waals surface area contributed by atoms with E-state index in [9.17, 15) is 0 Å². The van der Waals surface area contributed by atoms with Gasteiger partial charge in [-0.05, 0) is 53.6 Å². The molecule has 2 aliphatic heterocycles. The molecule has 0 radical (unpaired) electrons. The molecular formula is C42H24BNO3. The molecule has 9 aromatic rings. The molecule has 47 heavy (non-hydrogen) atoms. The SMILES string of the molecule is c1ccc2c(c1)OB1c3cccc(-n4c5ccccc5c5ccccc54)c3Oc3cc(-c4cccc5c4oc4ccccc45)cc-2c31. The molecule has 0 bridgehead atoms. The highest BCUT2D eigenvalue weighted by Gasteiger charge is 2.42. The van der Waals surface area contributed by atoms with E-state index in [1.165, 1.54) is 10.8 Å². The van der Waals surface area contributed by atoms with Crippen LogP contribution in [0.25, 0.3) is 71.7 Å². The van der Waals surface area contributed by atoms with E-state index in [4.69, 9.17) is 13.8 Å². The summed E-state index contributed by atoms with van der Waals surface area (Å²) in [6, 6.07) is 50.9. The lowest BCUT2D eigenvalue weighted by Crippen LogP contribution is -2.53. The first-order valence-electron chi connectivity index (χ1n) is 16.0. The van der Waals surface area contributed by atoms with Crippen LogP contribution >= 0.6 is 0 Å². The second kappa shape index (κ2) is 9.18. The van der Waals surface area contributed by atoms with E-state index < -0.39 is 0 Å². The molecule has 4 heterocycles. The average molecular weight is 601 g/mol. The highest BCUT2D eigenvalue weighted by molar-refractivity contribution is 6.84. The van der Waals surface area contributed by atoms with E-state index >= 15 is 0 Å². The maximum Gasteiger partial charge on any atom is 0.434 e.